The molecule has 6 heavy (non-hydrogen) atoms. The van der Waals surface area contributed by atoms with Crippen molar-refractivity contribution in [3.05, 3.63) is 10.8 Å². The Morgan fingerprint density at radius 2 is 2.50 bits per heavy atom. The van der Waals surface area contributed by atoms with E-state index in [1.807, 2.05) is 0 Å². The van der Waals surface area contributed by atoms with Gasteiger partial charge < -0.3 is 9.96 Å². The third-order valence-electron chi connectivity index (χ3n) is 0.160. The summed E-state index contributed by atoms with van der Waals surface area (Å²) < 4.78 is 15.7. The van der Waals surface area contributed by atoms with Crippen molar-refractivity contribution in [2.45, 2.75) is 0 Å². The summed E-state index contributed by atoms with van der Waals surface area (Å²) in [7, 11) is 0. The van der Waals surface area contributed by atoms with E-state index in [0.29, 0.717) is 0 Å². The average molecular weight is 105 g/mol. The molecule has 2 N–H and O–H groups in total. The molecule has 3 nitrogen and oxygen atoms in total. The highest BCUT2D eigenvalue weighted by molar-refractivity contribution is 7.82. The van der Waals surface area contributed by atoms with E-state index in [1.54, 1.807) is 0 Å². The molecule has 0 saturated carbocycles. The van der Waals surface area contributed by atoms with E-state index in [0.717, 1.165) is 5.41 Å². The molecule has 0 heterocycles. The second-order valence-corrected chi connectivity index (χ2v) is 1.37. The standard InChI is InChI=1S/C2H2NO2S/c3-1-2-6(4)5/h2H,(H,4,5)/q-1/p+1. The molecular formula is C2H3NO2S. The van der Waals surface area contributed by atoms with Crippen LogP contribution in [0.1, 0.15) is 0 Å². The van der Waals surface area contributed by atoms with Crippen LogP contribution in [0.25, 0.3) is 5.41 Å². The Morgan fingerprint density at radius 1 is 2.00 bits per heavy atom. The van der Waals surface area contributed by atoms with Gasteiger partial charge in [-0.25, -0.2) is 0 Å². The highest BCUT2D eigenvalue weighted by Crippen LogP contribution is 1.64. The van der Waals surface area contributed by atoms with Crippen molar-refractivity contribution < 1.29 is 8.76 Å². The van der Waals surface area contributed by atoms with Crippen molar-refractivity contribution >= 4 is 17.0 Å². The third-order valence-corrected chi connectivity index (χ3v) is 0.479. The Bertz CT molecular complexity index is 104. The summed E-state index contributed by atoms with van der Waals surface area (Å²) in [5.41, 5.74) is 0. The largest absolute Gasteiger partial charge is 0.763 e. The maximum Gasteiger partial charge on any atom is 0.334 e. The lowest BCUT2D eigenvalue weighted by Gasteiger charge is -1.65. The predicted octanol–water partition coefficient (Wildman–Crippen LogP) is -0.873. The Morgan fingerprint density at radius 3 is 2.50 bits per heavy atom. The molecule has 0 aromatic rings. The lowest BCUT2D eigenvalue weighted by molar-refractivity contribution is 0.574. The van der Waals surface area contributed by atoms with E-state index >= 15 is 0 Å². The second-order valence-electron chi connectivity index (χ2n) is 0.544. The molecule has 0 rings (SSSR count). The zero-order chi connectivity index (χ0) is 4.99. The molecule has 0 aromatic carbocycles. The molecule has 0 spiro atoms. The summed E-state index contributed by atoms with van der Waals surface area (Å²) in [6.45, 7) is 0. The number of rotatable bonds is 1. The molecule has 0 aliphatic heterocycles. The van der Waals surface area contributed by atoms with Crippen molar-refractivity contribution in [3.63, 3.8) is 0 Å². The first-order valence-electron chi connectivity index (χ1n) is 1.12. The Labute approximate surface area is 37.5 Å². The van der Waals surface area contributed by atoms with Gasteiger partial charge in [0.05, 0.1) is 0 Å². The quantitative estimate of drug-likeness (QED) is 0.315. The lowest BCUT2D eigenvalue weighted by Crippen LogP contribution is -1.73. The van der Waals surface area contributed by atoms with Crippen LogP contribution < -0.4 is 0 Å². The van der Waals surface area contributed by atoms with E-state index in [1.165, 1.54) is 5.87 Å². The molecule has 0 aliphatic carbocycles. The second kappa shape index (κ2) is 2.78. The van der Waals surface area contributed by atoms with Gasteiger partial charge in [0, 0.05) is 0 Å². The summed E-state index contributed by atoms with van der Waals surface area (Å²) in [6.07, 6.45) is 0. The summed E-state index contributed by atoms with van der Waals surface area (Å²) in [5, 5.41) is 8.35. The molecule has 0 amide bonds. The van der Waals surface area contributed by atoms with Crippen LogP contribution >= 0.6 is 0 Å². The summed E-state index contributed by atoms with van der Waals surface area (Å²) >= 11 is -1.80. The van der Waals surface area contributed by atoms with E-state index in [9.17, 15) is 4.21 Å². The van der Waals surface area contributed by atoms with Gasteiger partial charge in [0.25, 0.3) is 0 Å². The fourth-order valence-corrected chi connectivity index (χ4v) is 0.144. The normalized spacial score (nSPS) is 12.2. The first kappa shape index (κ1) is 5.56. The lowest BCUT2D eigenvalue weighted by atomic mass is 11.2. The fraction of sp³-hybridized carbons (Fsp3) is 0. The van der Waals surface area contributed by atoms with Gasteiger partial charge in [-0.1, -0.05) is 0 Å². The zero-order valence-corrected chi connectivity index (χ0v) is 3.66. The van der Waals surface area contributed by atoms with Crippen LogP contribution in [0, 0.1) is 0 Å². The van der Waals surface area contributed by atoms with Crippen molar-refractivity contribution in [2.75, 3.05) is 0 Å². The minimum absolute atomic E-state index is 0.736. The van der Waals surface area contributed by atoms with Gasteiger partial charge in [0.1, 0.15) is 5.41 Å². The van der Waals surface area contributed by atoms with Crippen LogP contribution in [0.2, 0.25) is 0 Å². The van der Waals surface area contributed by atoms with E-state index < -0.39 is 11.1 Å². The van der Waals surface area contributed by atoms with Crippen LogP contribution in [0.5, 0.6) is 0 Å². The van der Waals surface area contributed by atoms with E-state index in [2.05, 4.69) is 0 Å². The van der Waals surface area contributed by atoms with Gasteiger partial charge in [-0.05, 0) is 0 Å². The maximum absolute atomic E-state index is 9.54. The Kier molecular flexibility index (Phi) is 2.58. The van der Waals surface area contributed by atoms with Crippen LogP contribution in [0.15, 0.2) is 5.41 Å². The topological polar surface area (TPSA) is 62.3 Å². The zero-order valence-electron chi connectivity index (χ0n) is 2.84. The van der Waals surface area contributed by atoms with Gasteiger partial charge in [-0.15, -0.1) is 0 Å². The SMILES string of the molecule is [N-]=C=CS(=O)[OH2+]. The highest BCUT2D eigenvalue weighted by atomic mass is 32.2. The van der Waals surface area contributed by atoms with Crippen molar-refractivity contribution in [1.82, 2.24) is 0 Å². The molecule has 0 bridgehead atoms. The molecule has 0 radical (unpaired) electrons. The first-order chi connectivity index (χ1) is 2.77. The third kappa shape index (κ3) is 3.56. The smallest absolute Gasteiger partial charge is 0.334 e. The molecule has 34 valence electrons. The number of hydrogen-bond acceptors (Lipinski definition) is 1. The van der Waals surface area contributed by atoms with Crippen LogP contribution in [0.4, 0.5) is 0 Å². The minimum Gasteiger partial charge on any atom is -0.763 e. The monoisotopic (exact) mass is 105 g/mol. The molecule has 0 aliphatic rings. The predicted molar refractivity (Wildman–Crippen MR) is 24.7 cm³/mol. The minimum atomic E-state index is -1.80. The van der Waals surface area contributed by atoms with Crippen LogP contribution in [-0.4, -0.2) is 14.6 Å². The first-order valence-corrected chi connectivity index (χ1v) is 2.33. The summed E-state index contributed by atoms with van der Waals surface area (Å²) in [6, 6.07) is 0. The summed E-state index contributed by atoms with van der Waals surface area (Å²) in [5.74, 6) is 1.45. The average Bonchev–Trinajstić information content (AvgIpc) is 1.35. The van der Waals surface area contributed by atoms with E-state index in [-0.39, 0.29) is 0 Å². The van der Waals surface area contributed by atoms with Crippen LogP contribution in [0.3, 0.4) is 0 Å². The molecule has 1 atom stereocenters. The number of hydrogen-bond donors (Lipinski definition) is 0. The maximum atomic E-state index is 9.54. The molecule has 0 saturated heterocycles. The van der Waals surface area contributed by atoms with Gasteiger partial charge >= 0.3 is 11.1 Å². The van der Waals surface area contributed by atoms with Gasteiger partial charge in [0.2, 0.25) is 0 Å². The van der Waals surface area contributed by atoms with Gasteiger partial charge in [0.15, 0.2) is 0 Å². The molecule has 4 heteroatoms. The van der Waals surface area contributed by atoms with Gasteiger partial charge in [-0.3, -0.25) is 5.87 Å². The van der Waals surface area contributed by atoms with Crippen LogP contribution in [-0.2, 0) is 11.1 Å². The van der Waals surface area contributed by atoms with Crippen molar-refractivity contribution in [2.24, 2.45) is 0 Å². The molecule has 1 unspecified atom stereocenters. The number of nitrogens with zero attached hydrogens (tertiary/aromatic N) is 1. The van der Waals surface area contributed by atoms with Crippen molar-refractivity contribution in [1.29, 1.82) is 0 Å². The highest BCUT2D eigenvalue weighted by Gasteiger charge is 1.78. The molecule has 0 fully saturated rings. The Balaban J connectivity index is 3.60. The summed E-state index contributed by atoms with van der Waals surface area (Å²) in [4.78, 5) is 0. The van der Waals surface area contributed by atoms with E-state index in [4.69, 9.17) is 9.96 Å². The Hall–Kier alpha value is -0.440. The van der Waals surface area contributed by atoms with Gasteiger partial charge in [-0.2, -0.15) is 4.21 Å². The molecular weight excluding hydrogens is 102 g/mol. The van der Waals surface area contributed by atoms with Crippen molar-refractivity contribution in [3.8, 4) is 0 Å². The molecule has 0 aromatic heterocycles. The fourth-order valence-electron chi connectivity index (χ4n) is 0.0479.